The molecule has 3 rings (SSSR count). The Labute approximate surface area is 150 Å². The van der Waals surface area contributed by atoms with Crippen molar-refractivity contribution in [3.05, 3.63) is 47.3 Å². The number of benzene rings is 1. The Bertz CT molecular complexity index is 571. The van der Waals surface area contributed by atoms with Crippen molar-refractivity contribution in [1.29, 1.82) is 0 Å². The third kappa shape index (κ3) is 4.69. The fraction of sp³-hybridized carbons (Fsp3) is 0.619. The minimum absolute atomic E-state index is 0.0664. The Balaban J connectivity index is 1.51. The summed E-state index contributed by atoms with van der Waals surface area (Å²) >= 11 is 0. The van der Waals surface area contributed by atoms with Gasteiger partial charge < -0.3 is 14.2 Å². The molecule has 1 aliphatic carbocycles. The molecule has 0 spiro atoms. The van der Waals surface area contributed by atoms with Crippen molar-refractivity contribution in [2.45, 2.75) is 51.4 Å². The van der Waals surface area contributed by atoms with Crippen LogP contribution in [0.2, 0.25) is 0 Å². The molecule has 0 N–H and O–H groups in total. The molecule has 0 amide bonds. The first-order valence-corrected chi connectivity index (χ1v) is 9.34. The monoisotopic (exact) mass is 348 g/mol. The van der Waals surface area contributed by atoms with Crippen LogP contribution in [0.15, 0.2) is 30.4 Å². The van der Waals surface area contributed by atoms with Crippen LogP contribution in [0.5, 0.6) is 0 Å². The van der Waals surface area contributed by atoms with Crippen molar-refractivity contribution in [2.24, 2.45) is 11.8 Å². The number of hydrogen-bond acceptors (Lipinski definition) is 3. The normalized spacial score (nSPS) is 30.7. The molecule has 4 heteroatoms. The van der Waals surface area contributed by atoms with E-state index in [1.807, 2.05) is 13.0 Å². The molecule has 3 nitrogen and oxygen atoms in total. The quantitative estimate of drug-likeness (QED) is 0.715. The first-order chi connectivity index (χ1) is 12.2. The molecule has 0 bridgehead atoms. The van der Waals surface area contributed by atoms with Gasteiger partial charge in [0.2, 0.25) is 0 Å². The largest absolute Gasteiger partial charge is 0.380 e. The Kier molecular flexibility index (Phi) is 6.63. The number of methoxy groups -OCH3 is 1. The molecule has 2 aliphatic rings. The van der Waals surface area contributed by atoms with Crippen LogP contribution in [-0.2, 0) is 20.8 Å². The van der Waals surface area contributed by atoms with Crippen LogP contribution in [-0.4, -0.2) is 26.6 Å². The van der Waals surface area contributed by atoms with Crippen molar-refractivity contribution in [1.82, 2.24) is 0 Å². The van der Waals surface area contributed by atoms with Crippen molar-refractivity contribution >= 4 is 0 Å². The molecule has 0 atom stereocenters. The van der Waals surface area contributed by atoms with Crippen LogP contribution >= 0.6 is 0 Å². The SMILES string of the molecule is C/C=C/[C@H]1CO[C@H]([C@H]2CC[C@H](c3ccc(COC)c(F)c3)CC2)OC1. The zero-order valence-corrected chi connectivity index (χ0v) is 15.2. The van der Waals surface area contributed by atoms with Gasteiger partial charge in [0.1, 0.15) is 5.82 Å². The molecule has 1 aromatic carbocycles. The Morgan fingerprint density at radius 2 is 1.88 bits per heavy atom. The summed E-state index contributed by atoms with van der Waals surface area (Å²) in [6.45, 7) is 3.85. The minimum Gasteiger partial charge on any atom is -0.380 e. The van der Waals surface area contributed by atoms with E-state index in [2.05, 4.69) is 18.2 Å². The number of hydrogen-bond donors (Lipinski definition) is 0. The van der Waals surface area contributed by atoms with Crippen LogP contribution in [0.1, 0.15) is 49.7 Å². The molecular weight excluding hydrogens is 319 g/mol. The van der Waals surface area contributed by atoms with Gasteiger partial charge in [-0.1, -0.05) is 24.3 Å². The molecule has 0 radical (unpaired) electrons. The van der Waals surface area contributed by atoms with E-state index in [0.29, 0.717) is 29.9 Å². The van der Waals surface area contributed by atoms with Crippen LogP contribution < -0.4 is 0 Å². The lowest BCUT2D eigenvalue weighted by molar-refractivity contribution is -0.222. The predicted molar refractivity (Wildman–Crippen MR) is 95.8 cm³/mol. The first-order valence-electron chi connectivity index (χ1n) is 9.34. The van der Waals surface area contributed by atoms with Gasteiger partial charge in [0.05, 0.1) is 19.8 Å². The van der Waals surface area contributed by atoms with Gasteiger partial charge in [0.25, 0.3) is 0 Å². The third-order valence-electron chi connectivity index (χ3n) is 5.42. The zero-order chi connectivity index (χ0) is 17.6. The highest BCUT2D eigenvalue weighted by molar-refractivity contribution is 5.27. The van der Waals surface area contributed by atoms with E-state index in [1.54, 1.807) is 13.2 Å². The Morgan fingerprint density at radius 1 is 1.16 bits per heavy atom. The van der Waals surface area contributed by atoms with Crippen LogP contribution in [0.25, 0.3) is 0 Å². The molecule has 2 fully saturated rings. The average molecular weight is 348 g/mol. The highest BCUT2D eigenvalue weighted by Crippen LogP contribution is 2.39. The first kappa shape index (κ1) is 18.6. The van der Waals surface area contributed by atoms with Crippen molar-refractivity contribution in [3.63, 3.8) is 0 Å². The third-order valence-corrected chi connectivity index (χ3v) is 5.42. The Morgan fingerprint density at radius 3 is 2.48 bits per heavy atom. The summed E-state index contributed by atoms with van der Waals surface area (Å²) in [7, 11) is 1.59. The maximum absolute atomic E-state index is 14.1. The average Bonchev–Trinajstić information content (AvgIpc) is 2.65. The fourth-order valence-electron chi connectivity index (χ4n) is 4.00. The van der Waals surface area contributed by atoms with Crippen LogP contribution in [0.3, 0.4) is 0 Å². The number of ether oxygens (including phenoxy) is 3. The van der Waals surface area contributed by atoms with E-state index >= 15 is 0 Å². The summed E-state index contributed by atoms with van der Waals surface area (Å²) in [5.74, 6) is 1.11. The maximum atomic E-state index is 14.1. The van der Waals surface area contributed by atoms with Crippen molar-refractivity contribution in [3.8, 4) is 0 Å². The lowest BCUT2D eigenvalue weighted by Gasteiger charge is -2.37. The second-order valence-corrected chi connectivity index (χ2v) is 7.22. The van der Waals surface area contributed by atoms with Gasteiger partial charge in [-0.2, -0.15) is 0 Å². The highest BCUT2D eigenvalue weighted by atomic mass is 19.1. The minimum atomic E-state index is -0.157. The smallest absolute Gasteiger partial charge is 0.160 e. The molecule has 25 heavy (non-hydrogen) atoms. The molecule has 1 saturated carbocycles. The highest BCUT2D eigenvalue weighted by Gasteiger charge is 2.32. The molecule has 1 saturated heterocycles. The van der Waals surface area contributed by atoms with Gasteiger partial charge in [-0.05, 0) is 50.2 Å². The molecule has 1 aromatic rings. The van der Waals surface area contributed by atoms with Gasteiger partial charge in [-0.15, -0.1) is 0 Å². The van der Waals surface area contributed by atoms with E-state index in [1.165, 1.54) is 0 Å². The van der Waals surface area contributed by atoms with Gasteiger partial charge in [-0.25, -0.2) is 4.39 Å². The predicted octanol–water partition coefficient (Wildman–Crippen LogP) is 4.81. The van der Waals surface area contributed by atoms with Gasteiger partial charge >= 0.3 is 0 Å². The van der Waals surface area contributed by atoms with Crippen molar-refractivity contribution in [2.75, 3.05) is 20.3 Å². The fourth-order valence-corrected chi connectivity index (χ4v) is 4.00. The lowest BCUT2D eigenvalue weighted by Crippen LogP contribution is -2.37. The number of rotatable bonds is 5. The molecule has 1 aliphatic heterocycles. The van der Waals surface area contributed by atoms with E-state index in [4.69, 9.17) is 14.2 Å². The summed E-state index contributed by atoms with van der Waals surface area (Å²) in [6.07, 6.45) is 8.42. The summed E-state index contributed by atoms with van der Waals surface area (Å²) < 4.78 is 31.0. The lowest BCUT2D eigenvalue weighted by atomic mass is 9.78. The van der Waals surface area contributed by atoms with Crippen molar-refractivity contribution < 1.29 is 18.6 Å². The van der Waals surface area contributed by atoms with Crippen LogP contribution in [0.4, 0.5) is 4.39 Å². The van der Waals surface area contributed by atoms with E-state index in [9.17, 15) is 4.39 Å². The summed E-state index contributed by atoms with van der Waals surface area (Å²) in [4.78, 5) is 0. The topological polar surface area (TPSA) is 27.7 Å². The molecule has 1 heterocycles. The van der Waals surface area contributed by atoms with Gasteiger partial charge in [0.15, 0.2) is 6.29 Å². The second-order valence-electron chi connectivity index (χ2n) is 7.22. The summed E-state index contributed by atoms with van der Waals surface area (Å²) in [5, 5.41) is 0. The maximum Gasteiger partial charge on any atom is 0.160 e. The van der Waals surface area contributed by atoms with E-state index < -0.39 is 0 Å². The molecule has 0 unspecified atom stereocenters. The Hall–Kier alpha value is -1.23. The molecule has 138 valence electrons. The van der Waals surface area contributed by atoms with E-state index in [0.717, 1.165) is 44.5 Å². The van der Waals surface area contributed by atoms with Gasteiger partial charge in [0, 0.05) is 24.5 Å². The second kappa shape index (κ2) is 8.93. The van der Waals surface area contributed by atoms with Crippen LogP contribution in [0, 0.1) is 17.7 Å². The molecular formula is C21H29FO3. The van der Waals surface area contributed by atoms with Gasteiger partial charge in [-0.3, -0.25) is 0 Å². The standard InChI is InChI=1S/C21H29FO3/c1-3-4-15-12-24-21(25-13-15)17-7-5-16(6-8-17)18-9-10-19(14-23-2)20(22)11-18/h3-4,9-11,15-17,21H,5-8,12-14H2,1-2H3/b4-3+/t15-,16-,17-,21-. The number of halogens is 1. The number of allylic oxidation sites excluding steroid dienone is 1. The summed E-state index contributed by atoms with van der Waals surface area (Å²) in [5.41, 5.74) is 1.73. The zero-order valence-electron chi connectivity index (χ0n) is 15.2. The summed E-state index contributed by atoms with van der Waals surface area (Å²) in [6, 6.07) is 5.60. The van der Waals surface area contributed by atoms with E-state index in [-0.39, 0.29) is 12.1 Å². The molecule has 0 aromatic heterocycles.